The average molecular weight is 371 g/mol. The molecule has 6 saturated carbocycles. The summed E-state index contributed by atoms with van der Waals surface area (Å²) in [4.78, 5) is 14.2. The van der Waals surface area contributed by atoms with E-state index in [-0.39, 0.29) is 34.4 Å². The molecule has 9 rings (SSSR count). The Balaban J connectivity index is 1.47. The lowest BCUT2D eigenvalue weighted by Gasteiger charge is -2.67. The second-order valence-electron chi connectivity index (χ2n) is 11.3. The van der Waals surface area contributed by atoms with Crippen LogP contribution in [0.2, 0.25) is 0 Å². The minimum Gasteiger partial charge on any atom is -0.463 e. The Morgan fingerprint density at radius 2 is 2.07 bits per heavy atom. The first kappa shape index (κ1) is 15.9. The zero-order valence-corrected chi connectivity index (χ0v) is 16.1. The van der Waals surface area contributed by atoms with Gasteiger partial charge in [-0.05, 0) is 56.3 Å². The van der Waals surface area contributed by atoms with E-state index in [2.05, 4.69) is 18.4 Å². The highest BCUT2D eigenvalue weighted by Gasteiger charge is 2.93. The maximum absolute atomic E-state index is 12.5. The normalized spacial score (nSPS) is 68.7. The van der Waals surface area contributed by atoms with Gasteiger partial charge in [0.1, 0.15) is 12.3 Å². The van der Waals surface area contributed by atoms with E-state index < -0.39 is 11.8 Å². The first-order valence-electron chi connectivity index (χ1n) is 10.7. The zero-order valence-electron chi connectivity index (χ0n) is 16.1. The fourth-order valence-electron chi connectivity index (χ4n) is 10.7. The van der Waals surface area contributed by atoms with Crippen molar-refractivity contribution in [2.75, 3.05) is 0 Å². The van der Waals surface area contributed by atoms with Crippen molar-refractivity contribution in [3.8, 4) is 0 Å². The van der Waals surface area contributed by atoms with Crippen LogP contribution in [0.4, 0.5) is 0 Å². The quantitative estimate of drug-likeness (QED) is 0.544. The van der Waals surface area contributed by atoms with Gasteiger partial charge in [0.2, 0.25) is 0 Å². The first-order valence-corrected chi connectivity index (χ1v) is 10.7. The fraction of sp³-hybridized carbons (Fsp3) is 0.864. The Morgan fingerprint density at radius 3 is 2.81 bits per heavy atom. The Kier molecular flexibility index (Phi) is 2.38. The largest absolute Gasteiger partial charge is 0.463 e. The first-order chi connectivity index (χ1) is 12.7. The van der Waals surface area contributed by atoms with E-state index >= 15 is 0 Å². The van der Waals surface area contributed by atoms with Crippen LogP contribution in [-0.4, -0.2) is 51.1 Å². The van der Waals surface area contributed by atoms with Crippen LogP contribution in [0.1, 0.15) is 52.4 Å². The number of aliphatic hydroxyl groups excluding tert-OH is 1. The molecule has 5 heteroatoms. The van der Waals surface area contributed by atoms with Gasteiger partial charge in [0.25, 0.3) is 0 Å². The van der Waals surface area contributed by atoms with Crippen molar-refractivity contribution < 1.29 is 19.7 Å². The summed E-state index contributed by atoms with van der Waals surface area (Å²) in [5, 5.41) is 23.9. The second-order valence-corrected chi connectivity index (χ2v) is 11.3. The summed E-state index contributed by atoms with van der Waals surface area (Å²) in [5.41, 5.74) is 0.0413. The highest BCUT2D eigenvalue weighted by Crippen LogP contribution is 2.89. The number of piperidine rings is 2. The van der Waals surface area contributed by atoms with Gasteiger partial charge >= 0.3 is 5.97 Å². The van der Waals surface area contributed by atoms with Crippen LogP contribution in [0.15, 0.2) is 12.2 Å². The molecule has 0 aromatic rings. The molecule has 9 aliphatic rings. The van der Waals surface area contributed by atoms with Crippen LogP contribution in [0.25, 0.3) is 0 Å². The van der Waals surface area contributed by atoms with Crippen molar-refractivity contribution in [2.24, 2.45) is 34.0 Å². The average Bonchev–Trinajstić information content (AvgIpc) is 2.92. The monoisotopic (exact) mass is 371 g/mol. The highest BCUT2D eigenvalue weighted by molar-refractivity contribution is 5.66. The summed E-state index contributed by atoms with van der Waals surface area (Å²) < 4.78 is 5.76. The van der Waals surface area contributed by atoms with Gasteiger partial charge in [-0.15, -0.1) is 0 Å². The second kappa shape index (κ2) is 4.03. The lowest BCUT2D eigenvalue weighted by Crippen LogP contribution is -2.71. The number of hydrogen-bond donors (Lipinski definition) is 2. The molecule has 0 amide bonds. The number of carbonyl (C=O) groups excluding carboxylic acids is 1. The summed E-state index contributed by atoms with van der Waals surface area (Å²) in [5.74, 6) is 0.926. The molecule has 0 radical (unpaired) electrons. The van der Waals surface area contributed by atoms with Crippen molar-refractivity contribution in [1.82, 2.24) is 4.90 Å². The Hall–Kier alpha value is -0.910. The predicted molar refractivity (Wildman–Crippen MR) is 96.2 cm³/mol. The van der Waals surface area contributed by atoms with Crippen LogP contribution in [0.3, 0.4) is 0 Å². The van der Waals surface area contributed by atoms with Gasteiger partial charge in [-0.25, -0.2) is 0 Å². The van der Waals surface area contributed by atoms with E-state index in [0.29, 0.717) is 30.2 Å². The summed E-state index contributed by atoms with van der Waals surface area (Å²) in [6.07, 6.45) is 4.72. The van der Waals surface area contributed by atoms with Crippen LogP contribution < -0.4 is 0 Å². The van der Waals surface area contributed by atoms with Gasteiger partial charge in [-0.2, -0.15) is 0 Å². The third kappa shape index (κ3) is 1.23. The molecule has 3 heterocycles. The van der Waals surface area contributed by atoms with Crippen molar-refractivity contribution in [3.63, 3.8) is 0 Å². The summed E-state index contributed by atoms with van der Waals surface area (Å²) in [6.45, 7) is 8.04. The number of hydrogen-bond acceptors (Lipinski definition) is 5. The van der Waals surface area contributed by atoms with E-state index in [1.54, 1.807) is 0 Å². The van der Waals surface area contributed by atoms with Crippen molar-refractivity contribution >= 4 is 5.97 Å². The third-order valence-electron chi connectivity index (χ3n) is 10.8. The number of carbonyl (C=O) groups is 1. The van der Waals surface area contributed by atoms with Crippen LogP contribution in [-0.2, 0) is 9.53 Å². The standard InChI is InChI=1S/C22H29NO4/c1-10-5-20-9-15-16-19(3)7-13(27-11(2)24)8-21(16)17(23(15)18(19)25)14(20)4-12(10)6-22(20,21)26/h12-18,25-26H,1,4-9H2,2-3H3/t12-,13-,14?,15-,16+,17?,18?,19+,20-,21+,22-/m0/s1. The zero-order chi connectivity index (χ0) is 18.7. The Bertz CT molecular complexity index is 827. The van der Waals surface area contributed by atoms with E-state index in [1.807, 2.05) is 0 Å². The molecule has 9 fully saturated rings. The number of ether oxygens (including phenoxy) is 1. The molecule has 3 saturated heterocycles. The third-order valence-corrected chi connectivity index (χ3v) is 10.8. The molecule has 27 heavy (non-hydrogen) atoms. The lowest BCUT2D eigenvalue weighted by molar-refractivity contribution is -0.263. The molecule has 2 spiro atoms. The molecule has 0 aromatic heterocycles. The summed E-state index contributed by atoms with van der Waals surface area (Å²) in [7, 11) is 0. The minimum atomic E-state index is -0.699. The van der Waals surface area contributed by atoms with Gasteiger partial charge in [0.15, 0.2) is 0 Å². The number of allylic oxidation sites excluding steroid dienone is 1. The number of esters is 1. The van der Waals surface area contributed by atoms with Gasteiger partial charge in [0.05, 0.1) is 5.60 Å². The molecule has 6 aliphatic carbocycles. The molecular formula is C22H29NO4. The number of nitrogens with zero attached hydrogens (tertiary/aromatic N) is 1. The predicted octanol–water partition coefficient (Wildman–Crippen LogP) is 1.83. The number of aliphatic hydroxyl groups is 2. The van der Waals surface area contributed by atoms with Gasteiger partial charge in [0, 0.05) is 35.3 Å². The molecule has 2 N–H and O–H groups in total. The Morgan fingerprint density at radius 1 is 1.30 bits per heavy atom. The molecule has 0 aromatic carbocycles. The summed E-state index contributed by atoms with van der Waals surface area (Å²) in [6, 6.07) is 0.609. The van der Waals surface area contributed by atoms with Crippen LogP contribution in [0, 0.1) is 34.0 Å². The van der Waals surface area contributed by atoms with Crippen molar-refractivity contribution in [2.45, 2.75) is 82.4 Å². The van der Waals surface area contributed by atoms with Gasteiger partial charge in [-0.1, -0.05) is 19.1 Å². The summed E-state index contributed by atoms with van der Waals surface area (Å²) >= 11 is 0. The molecule has 5 nitrogen and oxygen atoms in total. The number of fused-ring (bicyclic) bond motifs is 1. The SMILES string of the molecule is C=C1C[C@]23C[C@H]4[C@@H]5[C@@]6(C)C[C@H](OC(C)=O)C[C@]57C(C2C[C@H]1C[C@]37O)N4C6O. The fourth-order valence-corrected chi connectivity index (χ4v) is 10.7. The number of rotatable bonds is 1. The highest BCUT2D eigenvalue weighted by atomic mass is 16.5. The van der Waals surface area contributed by atoms with E-state index in [0.717, 1.165) is 32.1 Å². The molecule has 3 aliphatic heterocycles. The Labute approximate surface area is 159 Å². The molecular weight excluding hydrogens is 342 g/mol. The van der Waals surface area contributed by atoms with E-state index in [9.17, 15) is 15.0 Å². The smallest absolute Gasteiger partial charge is 0.302 e. The molecule has 146 valence electrons. The minimum absolute atomic E-state index is 0.0652. The maximum atomic E-state index is 12.5. The van der Waals surface area contributed by atoms with Crippen molar-refractivity contribution in [3.05, 3.63) is 12.2 Å². The topological polar surface area (TPSA) is 70.0 Å². The van der Waals surface area contributed by atoms with Crippen molar-refractivity contribution in [1.29, 1.82) is 0 Å². The van der Waals surface area contributed by atoms with E-state index in [1.165, 1.54) is 12.5 Å². The van der Waals surface area contributed by atoms with Gasteiger partial charge in [-0.3, -0.25) is 9.69 Å². The maximum Gasteiger partial charge on any atom is 0.302 e. The lowest BCUT2D eigenvalue weighted by atomic mass is 9.38. The van der Waals surface area contributed by atoms with Gasteiger partial charge < -0.3 is 14.9 Å². The molecule has 4 unspecified atom stereocenters. The molecule has 9 bridgehead atoms. The van der Waals surface area contributed by atoms with Crippen LogP contribution >= 0.6 is 0 Å². The van der Waals surface area contributed by atoms with E-state index in [4.69, 9.17) is 4.74 Å². The molecule has 12 atom stereocenters. The van der Waals surface area contributed by atoms with Crippen LogP contribution in [0.5, 0.6) is 0 Å².